The maximum absolute atomic E-state index is 13.0. The van der Waals surface area contributed by atoms with Crippen molar-refractivity contribution >= 4 is 32.8 Å². The quantitative estimate of drug-likeness (QED) is 0.662. The van der Waals surface area contributed by atoms with E-state index in [9.17, 15) is 18.3 Å². The van der Waals surface area contributed by atoms with Crippen LogP contribution in [0.15, 0.2) is 48.9 Å². The number of carboxylic acid groups (broad SMARTS) is 1. The lowest BCUT2D eigenvalue weighted by Crippen LogP contribution is -2.76. The summed E-state index contributed by atoms with van der Waals surface area (Å²) < 4.78 is 27.1. The molecule has 0 saturated heterocycles. The minimum Gasteiger partial charge on any atom is -0.481 e. The summed E-state index contributed by atoms with van der Waals surface area (Å²) in [6.45, 7) is 0. The monoisotopic (exact) mass is 412 g/mol. The Labute approximate surface area is 167 Å². The molecule has 0 aliphatic heterocycles. The molecule has 0 unspecified atom stereocenters. The average Bonchev–Trinajstić information content (AvgIpc) is 3.04. The van der Waals surface area contributed by atoms with Crippen molar-refractivity contribution in [3.05, 3.63) is 54.5 Å². The molecule has 9 heteroatoms. The van der Waals surface area contributed by atoms with Gasteiger partial charge in [0.1, 0.15) is 12.1 Å². The van der Waals surface area contributed by atoms with E-state index in [0.29, 0.717) is 41.7 Å². The highest BCUT2D eigenvalue weighted by Gasteiger charge is 2.74. The van der Waals surface area contributed by atoms with E-state index in [1.165, 1.54) is 16.5 Å². The molecule has 3 aliphatic rings. The smallest absolute Gasteiger partial charge is 0.309 e. The van der Waals surface area contributed by atoms with Crippen molar-refractivity contribution in [3.8, 4) is 0 Å². The summed E-state index contributed by atoms with van der Waals surface area (Å²) in [6, 6.07) is 10.7. The highest BCUT2D eigenvalue weighted by molar-refractivity contribution is 7.89. The highest BCUT2D eigenvalue weighted by atomic mass is 32.2. The summed E-state index contributed by atoms with van der Waals surface area (Å²) in [6.07, 6.45) is 4.63. The van der Waals surface area contributed by atoms with Crippen molar-refractivity contribution in [1.29, 1.82) is 0 Å². The predicted octanol–water partition coefficient (Wildman–Crippen LogP) is 2.25. The van der Waals surface area contributed by atoms with Crippen molar-refractivity contribution < 1.29 is 18.3 Å². The van der Waals surface area contributed by atoms with Gasteiger partial charge in [-0.3, -0.25) is 4.79 Å². The normalized spacial score (nSPS) is 25.3. The third kappa shape index (κ3) is 2.50. The van der Waals surface area contributed by atoms with Gasteiger partial charge in [-0.2, -0.15) is 0 Å². The van der Waals surface area contributed by atoms with Gasteiger partial charge in [-0.05, 0) is 30.9 Å². The maximum Gasteiger partial charge on any atom is 0.309 e. The van der Waals surface area contributed by atoms with Crippen LogP contribution in [0.5, 0.6) is 0 Å². The van der Waals surface area contributed by atoms with Crippen LogP contribution < -0.4 is 4.90 Å². The number of carbonyl (C=O) groups is 1. The first-order valence-corrected chi connectivity index (χ1v) is 10.9. The molecule has 3 fully saturated rings. The molecule has 150 valence electrons. The largest absolute Gasteiger partial charge is 0.481 e. The summed E-state index contributed by atoms with van der Waals surface area (Å²) >= 11 is 0. The molecular formula is C20H20N4O4S. The molecule has 6 rings (SSSR count). The third-order valence-electron chi connectivity index (χ3n) is 6.40. The molecule has 29 heavy (non-hydrogen) atoms. The fraction of sp³-hybridized carbons (Fsp3) is 0.350. The van der Waals surface area contributed by atoms with Gasteiger partial charge in [0.2, 0.25) is 10.0 Å². The third-order valence-corrected chi connectivity index (χ3v) is 8.00. The number of aromatic nitrogens is 3. The van der Waals surface area contributed by atoms with Gasteiger partial charge in [0.15, 0.2) is 5.65 Å². The number of anilines is 1. The molecule has 3 saturated carbocycles. The van der Waals surface area contributed by atoms with Gasteiger partial charge in [0, 0.05) is 18.8 Å². The fourth-order valence-corrected chi connectivity index (χ4v) is 6.21. The number of nitrogens with zero attached hydrogens (tertiary/aromatic N) is 4. The molecule has 2 heterocycles. The topological polar surface area (TPSA) is 105 Å². The number of aliphatic carboxylic acids is 1. The van der Waals surface area contributed by atoms with Crippen molar-refractivity contribution in [2.45, 2.75) is 30.6 Å². The van der Waals surface area contributed by atoms with E-state index in [0.717, 1.165) is 0 Å². The Kier molecular flexibility index (Phi) is 3.62. The van der Waals surface area contributed by atoms with E-state index in [1.54, 1.807) is 18.2 Å². The Balaban J connectivity index is 1.48. The van der Waals surface area contributed by atoms with Crippen LogP contribution in [0.2, 0.25) is 0 Å². The summed E-state index contributed by atoms with van der Waals surface area (Å²) in [4.78, 5) is 22.0. The minimum atomic E-state index is -3.65. The summed E-state index contributed by atoms with van der Waals surface area (Å²) in [5.74, 6) is -0.237. The van der Waals surface area contributed by atoms with Crippen LogP contribution in [-0.4, -0.2) is 46.0 Å². The zero-order valence-corrected chi connectivity index (χ0v) is 16.6. The van der Waals surface area contributed by atoms with Gasteiger partial charge >= 0.3 is 5.97 Å². The molecular weight excluding hydrogens is 392 g/mol. The second-order valence-corrected chi connectivity index (χ2v) is 10.0. The maximum atomic E-state index is 13.0. The van der Waals surface area contributed by atoms with Crippen molar-refractivity contribution in [3.63, 3.8) is 0 Å². The second-order valence-electron chi connectivity index (χ2n) is 8.19. The number of carboxylic acids is 1. The average molecular weight is 412 g/mol. The molecule has 0 atom stereocenters. The second kappa shape index (κ2) is 5.79. The van der Waals surface area contributed by atoms with Crippen LogP contribution in [0.25, 0.3) is 11.0 Å². The zero-order chi connectivity index (χ0) is 20.4. The molecule has 3 aromatic rings. The summed E-state index contributed by atoms with van der Waals surface area (Å²) in [7, 11) is -1.76. The molecule has 0 radical (unpaired) electrons. The van der Waals surface area contributed by atoms with Gasteiger partial charge in [-0.1, -0.05) is 30.3 Å². The Morgan fingerprint density at radius 1 is 1.17 bits per heavy atom. The van der Waals surface area contributed by atoms with E-state index < -0.39 is 21.4 Å². The van der Waals surface area contributed by atoms with Crippen molar-refractivity contribution in [2.75, 3.05) is 11.9 Å². The summed E-state index contributed by atoms with van der Waals surface area (Å²) in [5, 5.41) is 10.0. The lowest BCUT2D eigenvalue weighted by atomic mass is 9.39. The molecule has 8 nitrogen and oxygen atoms in total. The van der Waals surface area contributed by atoms with E-state index in [-0.39, 0.29) is 11.3 Å². The molecule has 0 amide bonds. The van der Waals surface area contributed by atoms with Crippen molar-refractivity contribution in [1.82, 2.24) is 13.9 Å². The van der Waals surface area contributed by atoms with Crippen molar-refractivity contribution in [2.24, 2.45) is 5.41 Å². The molecule has 0 spiro atoms. The van der Waals surface area contributed by atoms with E-state index >= 15 is 0 Å². The van der Waals surface area contributed by atoms with Gasteiger partial charge in [0.25, 0.3) is 0 Å². The Bertz CT molecular complexity index is 1220. The van der Waals surface area contributed by atoms with E-state index in [1.807, 2.05) is 30.1 Å². The van der Waals surface area contributed by atoms with Gasteiger partial charge in [-0.15, -0.1) is 0 Å². The predicted molar refractivity (Wildman–Crippen MR) is 107 cm³/mol. The highest BCUT2D eigenvalue weighted by Crippen LogP contribution is 2.70. The molecule has 2 bridgehead atoms. The van der Waals surface area contributed by atoms with Crippen LogP contribution in [-0.2, 0) is 20.6 Å². The number of benzene rings is 1. The minimum absolute atomic E-state index is 0.127. The van der Waals surface area contributed by atoms with Crippen LogP contribution in [0.3, 0.4) is 0 Å². The molecule has 2 aromatic heterocycles. The first-order valence-electron chi connectivity index (χ1n) is 9.33. The van der Waals surface area contributed by atoms with E-state index in [2.05, 4.69) is 9.97 Å². The lowest BCUT2D eigenvalue weighted by Gasteiger charge is -2.71. The van der Waals surface area contributed by atoms with Gasteiger partial charge < -0.3 is 10.0 Å². The number of hydrogen-bond donors (Lipinski definition) is 1. The summed E-state index contributed by atoms with van der Waals surface area (Å²) in [5.41, 5.74) is 0.224. The zero-order valence-electron chi connectivity index (χ0n) is 15.8. The first kappa shape index (κ1) is 18.1. The Morgan fingerprint density at radius 2 is 1.86 bits per heavy atom. The van der Waals surface area contributed by atoms with Crippen LogP contribution in [0, 0.1) is 5.41 Å². The van der Waals surface area contributed by atoms with Crippen LogP contribution >= 0.6 is 0 Å². The molecule has 1 aromatic carbocycles. The molecule has 1 N–H and O–H groups in total. The number of rotatable bonds is 6. The van der Waals surface area contributed by atoms with Crippen LogP contribution in [0.4, 0.5) is 5.82 Å². The van der Waals surface area contributed by atoms with Crippen LogP contribution in [0.1, 0.15) is 24.8 Å². The first-order chi connectivity index (χ1) is 13.8. The number of hydrogen-bond acceptors (Lipinski definition) is 6. The standard InChI is InChI=1S/C20H20N4O4S/c1-23(20-10-19(11-20,12-20)18(25)26)16-15-7-8-24(17(15)22-13-21-16)29(27,28)9-14-5-3-2-4-6-14/h2-8,13H,9-12H2,1H3,(H,25,26). The van der Waals surface area contributed by atoms with Gasteiger partial charge in [0.05, 0.1) is 16.6 Å². The van der Waals surface area contributed by atoms with Gasteiger partial charge in [-0.25, -0.2) is 22.4 Å². The Morgan fingerprint density at radius 3 is 2.52 bits per heavy atom. The fourth-order valence-electron chi connectivity index (χ4n) is 4.80. The lowest BCUT2D eigenvalue weighted by molar-refractivity contribution is -0.191. The van der Waals surface area contributed by atoms with E-state index in [4.69, 9.17) is 0 Å². The SMILES string of the molecule is CN(c1ncnc2c1ccn2S(=O)(=O)Cc1ccccc1)C12CC(C(=O)O)(C1)C2. The Hall–Kier alpha value is -2.94. The molecule has 3 aliphatic carbocycles. The number of fused-ring (bicyclic) bond motifs is 1.